The number of halogens is 1. The van der Waals surface area contributed by atoms with Gasteiger partial charge in [0, 0.05) is 38.8 Å². The Hall–Kier alpha value is -3.43. The van der Waals surface area contributed by atoms with E-state index in [0.29, 0.717) is 22.4 Å². The van der Waals surface area contributed by atoms with Gasteiger partial charge in [-0.1, -0.05) is 28.1 Å². The highest BCUT2D eigenvalue weighted by Gasteiger charge is 2.36. The van der Waals surface area contributed by atoms with E-state index in [0.717, 1.165) is 4.47 Å². The minimum absolute atomic E-state index is 0.00137. The number of rotatable bonds is 6. The van der Waals surface area contributed by atoms with E-state index in [9.17, 15) is 24.9 Å². The molecule has 2 heterocycles. The number of aromatic nitrogens is 1. The number of hydrogen-bond acceptors (Lipinski definition) is 8. The first-order chi connectivity index (χ1) is 16.6. The van der Waals surface area contributed by atoms with Crippen molar-refractivity contribution >= 4 is 27.7 Å². The van der Waals surface area contributed by atoms with Gasteiger partial charge in [-0.15, -0.1) is 0 Å². The number of pyridine rings is 1. The number of phenols is 2. The van der Waals surface area contributed by atoms with Crippen LogP contribution < -0.4 is 0 Å². The first-order valence-electron chi connectivity index (χ1n) is 10.8. The molecule has 2 atom stereocenters. The molecule has 3 aromatic rings. The number of carbonyl (C=O) groups is 2. The van der Waals surface area contributed by atoms with Gasteiger partial charge < -0.3 is 24.8 Å². The third-order valence-electron chi connectivity index (χ3n) is 6.22. The van der Waals surface area contributed by atoms with Crippen molar-refractivity contribution in [1.29, 1.82) is 0 Å². The van der Waals surface area contributed by atoms with Crippen LogP contribution in [0.2, 0.25) is 0 Å². The molecule has 8 nitrogen and oxygen atoms in total. The molecule has 9 heteroatoms. The zero-order valence-electron chi connectivity index (χ0n) is 19.3. The van der Waals surface area contributed by atoms with Crippen molar-refractivity contribution in [1.82, 2.24) is 4.98 Å². The van der Waals surface area contributed by atoms with Gasteiger partial charge in [0.15, 0.2) is 5.78 Å². The summed E-state index contributed by atoms with van der Waals surface area (Å²) in [5.74, 6) is -2.68. The summed E-state index contributed by atoms with van der Waals surface area (Å²) in [7, 11) is 1.25. The summed E-state index contributed by atoms with van der Waals surface area (Å²) in [4.78, 5) is 29.0. The highest BCUT2D eigenvalue weighted by molar-refractivity contribution is 9.10. The summed E-state index contributed by atoms with van der Waals surface area (Å²) in [6, 6.07) is 8.44. The molecule has 1 aliphatic rings. The number of Topliss-reactive ketones (excluding diaryl/α,β-unsaturated/α-hetero) is 1. The maximum absolute atomic E-state index is 12.5. The first-order valence-corrected chi connectivity index (χ1v) is 11.6. The van der Waals surface area contributed by atoms with Crippen LogP contribution in [0.15, 0.2) is 41.0 Å². The fraction of sp³-hybridized carbons (Fsp3) is 0.269. The summed E-state index contributed by atoms with van der Waals surface area (Å²) in [5, 5.41) is 33.3. The lowest BCUT2D eigenvalue weighted by Crippen LogP contribution is -2.13. The monoisotopic (exact) mass is 541 g/mol. The average Bonchev–Trinajstić information content (AvgIpc) is 3.25. The van der Waals surface area contributed by atoms with Gasteiger partial charge in [0.2, 0.25) is 0 Å². The smallest absolute Gasteiger partial charge is 0.306 e. The molecule has 0 saturated heterocycles. The van der Waals surface area contributed by atoms with E-state index in [-0.39, 0.29) is 41.2 Å². The number of aryl methyl sites for hydroxylation is 1. The lowest BCUT2D eigenvalue weighted by Gasteiger charge is -2.24. The molecule has 0 radical (unpaired) electrons. The van der Waals surface area contributed by atoms with Crippen molar-refractivity contribution < 1.29 is 34.4 Å². The number of fused-ring (bicyclic) bond motifs is 1. The lowest BCUT2D eigenvalue weighted by atomic mass is 9.83. The predicted octanol–water partition coefficient (Wildman–Crippen LogP) is 4.79. The van der Waals surface area contributed by atoms with Gasteiger partial charge >= 0.3 is 5.97 Å². The number of benzene rings is 2. The maximum atomic E-state index is 12.5. The minimum Gasteiger partial charge on any atom is -0.507 e. The van der Waals surface area contributed by atoms with Crippen molar-refractivity contribution in [3.63, 3.8) is 0 Å². The Kier molecular flexibility index (Phi) is 6.82. The maximum Gasteiger partial charge on any atom is 0.306 e. The average molecular weight is 542 g/mol. The molecule has 0 unspecified atom stereocenters. The molecule has 3 N–H and O–H groups in total. The van der Waals surface area contributed by atoms with Crippen LogP contribution in [0, 0.1) is 6.92 Å². The van der Waals surface area contributed by atoms with E-state index < -0.39 is 29.5 Å². The van der Waals surface area contributed by atoms with Crippen LogP contribution >= 0.6 is 15.9 Å². The minimum atomic E-state index is -0.912. The SMILES string of the molecule is COC(=O)C[C@H](c1cccc(Br)c1)c1c(O)c(C(C)=O)cc([C@@H]2OCc3cnc(C)c(O)c32)c1O. The van der Waals surface area contributed by atoms with Crippen LogP contribution in [0.3, 0.4) is 0 Å². The van der Waals surface area contributed by atoms with Crippen LogP contribution in [-0.2, 0) is 20.9 Å². The summed E-state index contributed by atoms with van der Waals surface area (Å²) < 4.78 is 11.5. The molecule has 0 spiro atoms. The molecule has 1 aromatic heterocycles. The molecule has 0 saturated carbocycles. The summed E-state index contributed by atoms with van der Waals surface area (Å²) >= 11 is 3.41. The summed E-state index contributed by atoms with van der Waals surface area (Å²) in [6.45, 7) is 3.08. The Morgan fingerprint density at radius 1 is 1.20 bits per heavy atom. The van der Waals surface area contributed by atoms with Crippen molar-refractivity contribution in [2.45, 2.75) is 38.9 Å². The van der Waals surface area contributed by atoms with Gasteiger partial charge in [0.05, 0.1) is 31.4 Å². The number of ether oxygens (including phenoxy) is 2. The van der Waals surface area contributed by atoms with Crippen molar-refractivity contribution in [2.24, 2.45) is 0 Å². The second-order valence-electron chi connectivity index (χ2n) is 8.39. The van der Waals surface area contributed by atoms with E-state index in [1.807, 2.05) is 0 Å². The molecule has 0 amide bonds. The van der Waals surface area contributed by atoms with Crippen LogP contribution in [0.25, 0.3) is 0 Å². The highest BCUT2D eigenvalue weighted by Crippen LogP contribution is 2.50. The number of aromatic hydroxyl groups is 3. The Morgan fingerprint density at radius 3 is 2.60 bits per heavy atom. The Balaban J connectivity index is 1.99. The van der Waals surface area contributed by atoms with E-state index in [2.05, 4.69) is 20.9 Å². The van der Waals surface area contributed by atoms with Gasteiger partial charge in [-0.25, -0.2) is 0 Å². The zero-order chi connectivity index (χ0) is 25.4. The van der Waals surface area contributed by atoms with Crippen LogP contribution in [-0.4, -0.2) is 39.2 Å². The molecule has 4 rings (SSSR count). The van der Waals surface area contributed by atoms with Crippen molar-refractivity contribution in [3.8, 4) is 17.2 Å². The molecule has 2 aromatic carbocycles. The number of carbonyl (C=O) groups excluding carboxylic acids is 2. The molecule has 1 aliphatic heterocycles. The topological polar surface area (TPSA) is 126 Å². The molecule has 35 heavy (non-hydrogen) atoms. The second kappa shape index (κ2) is 9.67. The fourth-order valence-corrected chi connectivity index (χ4v) is 4.84. The van der Waals surface area contributed by atoms with Gasteiger partial charge in [-0.05, 0) is 37.6 Å². The van der Waals surface area contributed by atoms with Crippen molar-refractivity contribution in [2.75, 3.05) is 7.11 Å². The third kappa shape index (κ3) is 4.49. The van der Waals surface area contributed by atoms with E-state index in [1.54, 1.807) is 37.4 Å². The van der Waals surface area contributed by atoms with Gasteiger partial charge in [-0.2, -0.15) is 0 Å². The summed E-state index contributed by atoms with van der Waals surface area (Å²) in [6.07, 6.45) is 0.479. The molecule has 0 aliphatic carbocycles. The van der Waals surface area contributed by atoms with Crippen LogP contribution in [0.5, 0.6) is 17.2 Å². The van der Waals surface area contributed by atoms with E-state index in [4.69, 9.17) is 9.47 Å². The number of ketones is 1. The van der Waals surface area contributed by atoms with E-state index in [1.165, 1.54) is 20.1 Å². The molecule has 182 valence electrons. The van der Waals surface area contributed by atoms with E-state index >= 15 is 0 Å². The Bertz CT molecular complexity index is 1340. The van der Waals surface area contributed by atoms with Gasteiger partial charge in [-0.3, -0.25) is 14.6 Å². The van der Waals surface area contributed by atoms with Crippen LogP contribution in [0.4, 0.5) is 0 Å². The van der Waals surface area contributed by atoms with Crippen LogP contribution in [0.1, 0.15) is 69.2 Å². The zero-order valence-corrected chi connectivity index (χ0v) is 20.9. The first kappa shape index (κ1) is 24.7. The molecular weight excluding hydrogens is 518 g/mol. The predicted molar refractivity (Wildman–Crippen MR) is 130 cm³/mol. The number of esters is 1. The second-order valence-corrected chi connectivity index (χ2v) is 9.31. The normalized spacial score (nSPS) is 15.5. The number of nitrogens with zero attached hydrogens (tertiary/aromatic N) is 1. The Morgan fingerprint density at radius 2 is 1.94 bits per heavy atom. The van der Waals surface area contributed by atoms with Gasteiger partial charge in [0.25, 0.3) is 0 Å². The van der Waals surface area contributed by atoms with Gasteiger partial charge in [0.1, 0.15) is 23.4 Å². The highest BCUT2D eigenvalue weighted by atomic mass is 79.9. The molecule has 0 fully saturated rings. The fourth-order valence-electron chi connectivity index (χ4n) is 4.42. The number of methoxy groups -OCH3 is 1. The Labute approximate surface area is 210 Å². The quantitative estimate of drug-likeness (QED) is 0.300. The third-order valence-corrected chi connectivity index (χ3v) is 6.72. The summed E-state index contributed by atoms with van der Waals surface area (Å²) in [5.41, 5.74) is 2.23. The standard InChI is InChI=1S/C26H24BrNO7/c1-12-23(31)21-15(10-28-12)11-35-26(21)19-8-17(13(2)29)24(32)22(25(19)33)18(9-20(30)34-3)14-5-4-6-16(27)7-14/h4-8,10,18,26,31-33H,9,11H2,1-3H3/t18-,26+/m1/s1. The number of hydrogen-bond donors (Lipinski definition) is 3. The molecular formula is C26H24BrNO7. The number of phenolic OH excluding ortho intramolecular Hbond substituents is 2. The largest absolute Gasteiger partial charge is 0.507 e. The lowest BCUT2D eigenvalue weighted by molar-refractivity contribution is -0.140. The molecule has 0 bridgehead atoms. The van der Waals surface area contributed by atoms with Crippen molar-refractivity contribution in [3.05, 3.63) is 80.1 Å².